The highest BCUT2D eigenvalue weighted by atomic mass is 35.5. The summed E-state index contributed by atoms with van der Waals surface area (Å²) in [6.45, 7) is 5.39. The monoisotopic (exact) mass is 578 g/mol. The van der Waals surface area contributed by atoms with Crippen LogP contribution in [0.3, 0.4) is 0 Å². The number of aromatic nitrogens is 1. The average molecular weight is 580 g/mol. The number of hydrogen-bond acceptors (Lipinski definition) is 3. The van der Waals surface area contributed by atoms with Gasteiger partial charge in [0.1, 0.15) is 6.54 Å². The van der Waals surface area contributed by atoms with Crippen LogP contribution < -0.4 is 4.90 Å². The second kappa shape index (κ2) is 13.2. The van der Waals surface area contributed by atoms with Crippen molar-refractivity contribution >= 4 is 51.6 Å². The molecule has 6 nitrogen and oxygen atoms in total. The lowest BCUT2D eigenvalue weighted by molar-refractivity contribution is -0.132. The largest absolute Gasteiger partial charge is 0.378 e. The topological polar surface area (TPSA) is 59.7 Å². The molecule has 40 heavy (non-hydrogen) atoms. The summed E-state index contributed by atoms with van der Waals surface area (Å²) in [5, 5.41) is 1.88. The lowest BCUT2D eigenvalue weighted by Crippen LogP contribution is -2.44. The van der Waals surface area contributed by atoms with E-state index in [-0.39, 0.29) is 29.3 Å². The maximum absolute atomic E-state index is 13.9. The number of carbonyl (C=O) groups is 2. The summed E-state index contributed by atoms with van der Waals surface area (Å²) < 4.78 is 0. The highest BCUT2D eigenvalue weighted by Crippen LogP contribution is 2.24. The van der Waals surface area contributed by atoms with Crippen LogP contribution in [-0.2, 0) is 17.8 Å². The first kappa shape index (κ1) is 29.5. The van der Waals surface area contributed by atoms with E-state index in [1.165, 1.54) is 0 Å². The van der Waals surface area contributed by atoms with Crippen LogP contribution in [0.1, 0.15) is 35.3 Å². The number of nitrogens with one attached hydrogen (secondary N) is 1. The molecule has 0 aliphatic rings. The molecule has 1 N–H and O–H groups in total. The van der Waals surface area contributed by atoms with E-state index in [4.69, 9.17) is 23.2 Å². The number of aromatic amines is 1. The minimum Gasteiger partial charge on any atom is -0.378 e. The summed E-state index contributed by atoms with van der Waals surface area (Å²) in [4.78, 5) is 36.2. The Balaban J connectivity index is 1.58. The van der Waals surface area contributed by atoms with Gasteiger partial charge in [-0.05, 0) is 59.9 Å². The summed E-state index contributed by atoms with van der Waals surface area (Å²) in [6.07, 6.45) is 2.70. The number of benzene rings is 3. The zero-order valence-corrected chi connectivity index (χ0v) is 25.0. The molecule has 0 spiro atoms. The van der Waals surface area contributed by atoms with Crippen LogP contribution in [0.5, 0.6) is 0 Å². The number of hydrogen-bond donors (Lipinski definition) is 1. The van der Waals surface area contributed by atoms with Crippen LogP contribution in [-0.4, -0.2) is 60.3 Å². The summed E-state index contributed by atoms with van der Waals surface area (Å²) in [6, 6.07) is 21.2. The van der Waals surface area contributed by atoms with E-state index >= 15 is 0 Å². The van der Waals surface area contributed by atoms with Gasteiger partial charge in [0.05, 0.1) is 10.6 Å². The van der Waals surface area contributed by atoms with Crippen molar-refractivity contribution in [2.45, 2.75) is 26.8 Å². The maximum Gasteiger partial charge on any atom is 0.255 e. The fraction of sp³-hybridized carbons (Fsp3) is 0.312. The molecule has 3 aromatic carbocycles. The molecule has 0 saturated heterocycles. The molecule has 8 heteroatoms. The quantitative estimate of drug-likeness (QED) is 0.210. The molecule has 0 saturated carbocycles. The fourth-order valence-electron chi connectivity index (χ4n) is 4.76. The van der Waals surface area contributed by atoms with Gasteiger partial charge in [0, 0.05) is 61.5 Å². The lowest BCUT2D eigenvalue weighted by Gasteiger charge is -2.29. The molecule has 0 radical (unpaired) electrons. The molecule has 0 atom stereocenters. The number of fused-ring (bicyclic) bond motifs is 1. The third kappa shape index (κ3) is 7.38. The molecule has 0 unspecified atom stereocenters. The van der Waals surface area contributed by atoms with Crippen LogP contribution in [0.4, 0.5) is 5.69 Å². The number of para-hydroxylation sites is 1. The summed E-state index contributed by atoms with van der Waals surface area (Å²) in [5.41, 5.74) is 4.68. The Kier molecular flexibility index (Phi) is 9.77. The second-order valence-corrected chi connectivity index (χ2v) is 11.5. The number of nitrogens with zero attached hydrogens (tertiary/aromatic N) is 3. The van der Waals surface area contributed by atoms with Crippen LogP contribution in [0.2, 0.25) is 10.0 Å². The molecule has 4 aromatic rings. The number of rotatable bonds is 11. The number of amides is 2. The van der Waals surface area contributed by atoms with Gasteiger partial charge in [0.2, 0.25) is 5.91 Å². The highest BCUT2D eigenvalue weighted by Gasteiger charge is 2.25. The molecule has 0 bridgehead atoms. The minimum atomic E-state index is -0.282. The Morgan fingerprint density at radius 2 is 1.65 bits per heavy atom. The SMILES string of the molecule is CC(C)CN(CC(=O)N(CCc1c[nH]c2ccccc12)Cc1ccc(N(C)C)cc1)C(=O)c1ccc(Cl)cc1Cl. The molecule has 1 heterocycles. The Bertz CT molecular complexity index is 1460. The standard InChI is InChI=1S/C32H36Cl2N4O2/c1-22(2)19-38(32(40)28-14-11-25(33)17-29(28)34)21-31(39)37(20-23-9-12-26(13-10-23)36(3)4)16-15-24-18-35-30-8-6-5-7-27(24)30/h5-14,17-18,22,35H,15-16,19-21H2,1-4H3. The van der Waals surface area contributed by atoms with Crippen molar-refractivity contribution in [3.8, 4) is 0 Å². The van der Waals surface area contributed by atoms with E-state index in [0.717, 1.165) is 27.7 Å². The summed E-state index contributed by atoms with van der Waals surface area (Å²) in [7, 11) is 4.00. The molecular formula is C32H36Cl2N4O2. The highest BCUT2D eigenvalue weighted by molar-refractivity contribution is 6.36. The molecule has 0 fully saturated rings. The molecule has 4 rings (SSSR count). The normalized spacial score (nSPS) is 11.2. The van der Waals surface area contributed by atoms with Gasteiger partial charge in [0.15, 0.2) is 0 Å². The predicted molar refractivity (Wildman–Crippen MR) is 165 cm³/mol. The van der Waals surface area contributed by atoms with E-state index < -0.39 is 0 Å². The van der Waals surface area contributed by atoms with Gasteiger partial charge in [-0.15, -0.1) is 0 Å². The minimum absolute atomic E-state index is 0.0420. The number of halogens is 2. The van der Waals surface area contributed by atoms with Crippen molar-refractivity contribution in [2.75, 3.05) is 38.6 Å². The van der Waals surface area contributed by atoms with E-state index in [1.807, 2.05) is 74.3 Å². The van der Waals surface area contributed by atoms with Gasteiger partial charge in [-0.2, -0.15) is 0 Å². The van der Waals surface area contributed by atoms with Crippen molar-refractivity contribution in [1.29, 1.82) is 0 Å². The van der Waals surface area contributed by atoms with E-state index in [2.05, 4.69) is 23.2 Å². The maximum atomic E-state index is 13.9. The number of H-pyrrole nitrogens is 1. The summed E-state index contributed by atoms with van der Waals surface area (Å²) >= 11 is 12.4. The smallest absolute Gasteiger partial charge is 0.255 e. The van der Waals surface area contributed by atoms with Crippen molar-refractivity contribution in [2.24, 2.45) is 5.92 Å². The molecule has 2 amide bonds. The van der Waals surface area contributed by atoms with Gasteiger partial charge in [0.25, 0.3) is 5.91 Å². The van der Waals surface area contributed by atoms with Crippen molar-refractivity contribution in [1.82, 2.24) is 14.8 Å². The Morgan fingerprint density at radius 3 is 2.33 bits per heavy atom. The van der Waals surface area contributed by atoms with E-state index in [9.17, 15) is 9.59 Å². The Hall–Kier alpha value is -3.48. The fourth-order valence-corrected chi connectivity index (χ4v) is 5.25. The zero-order valence-electron chi connectivity index (χ0n) is 23.5. The number of carbonyl (C=O) groups excluding carboxylic acids is 2. The van der Waals surface area contributed by atoms with Gasteiger partial charge in [-0.25, -0.2) is 0 Å². The van der Waals surface area contributed by atoms with Crippen molar-refractivity contribution in [3.05, 3.63) is 99.7 Å². The van der Waals surface area contributed by atoms with Crippen molar-refractivity contribution in [3.63, 3.8) is 0 Å². The van der Waals surface area contributed by atoms with E-state index in [1.54, 1.807) is 23.1 Å². The van der Waals surface area contributed by atoms with Gasteiger partial charge >= 0.3 is 0 Å². The van der Waals surface area contributed by atoms with Gasteiger partial charge in [-0.3, -0.25) is 9.59 Å². The summed E-state index contributed by atoms with van der Waals surface area (Å²) in [5.74, 6) is -0.229. The zero-order chi connectivity index (χ0) is 28.8. The van der Waals surface area contributed by atoms with Gasteiger partial charge in [-0.1, -0.05) is 67.4 Å². The molecule has 210 valence electrons. The van der Waals surface area contributed by atoms with Gasteiger partial charge < -0.3 is 19.7 Å². The molecular weight excluding hydrogens is 543 g/mol. The Morgan fingerprint density at radius 1 is 0.925 bits per heavy atom. The van der Waals surface area contributed by atoms with Crippen LogP contribution in [0.25, 0.3) is 10.9 Å². The van der Waals surface area contributed by atoms with Crippen molar-refractivity contribution < 1.29 is 9.59 Å². The van der Waals surface area contributed by atoms with Crippen LogP contribution >= 0.6 is 23.2 Å². The molecule has 1 aromatic heterocycles. The molecule has 0 aliphatic heterocycles. The first-order valence-corrected chi connectivity index (χ1v) is 14.2. The van der Waals surface area contributed by atoms with E-state index in [0.29, 0.717) is 36.6 Å². The first-order valence-electron chi connectivity index (χ1n) is 13.5. The Labute approximate surface area is 246 Å². The van der Waals surface area contributed by atoms with Crippen LogP contribution in [0.15, 0.2) is 72.9 Å². The second-order valence-electron chi connectivity index (χ2n) is 10.7. The predicted octanol–water partition coefficient (Wildman–Crippen LogP) is 6.91. The average Bonchev–Trinajstić information content (AvgIpc) is 3.33. The first-order chi connectivity index (χ1) is 19.1. The lowest BCUT2D eigenvalue weighted by atomic mass is 10.1. The molecule has 0 aliphatic carbocycles. The number of anilines is 1. The third-order valence-corrected chi connectivity index (χ3v) is 7.41. The third-order valence-electron chi connectivity index (χ3n) is 6.87. The van der Waals surface area contributed by atoms with Crippen LogP contribution in [0, 0.1) is 5.92 Å².